The van der Waals surface area contributed by atoms with Crippen LogP contribution >= 0.6 is 0 Å². The third-order valence-corrected chi connectivity index (χ3v) is 1.55. The van der Waals surface area contributed by atoms with Gasteiger partial charge in [-0.25, -0.2) is 0 Å². The van der Waals surface area contributed by atoms with E-state index in [0.717, 1.165) is 0 Å². The molecule has 0 aromatic carbocycles. The maximum atomic E-state index is 4.12. The van der Waals surface area contributed by atoms with Gasteiger partial charge < -0.3 is 5.32 Å². The highest BCUT2D eigenvalue weighted by atomic mass is 14.9. The Morgan fingerprint density at radius 2 is 2.40 bits per heavy atom. The molecule has 0 N–H and O–H groups in total. The Morgan fingerprint density at radius 1 is 1.60 bits per heavy atom. The van der Waals surface area contributed by atoms with Gasteiger partial charge in [-0.3, -0.25) is 4.98 Å². The summed E-state index contributed by atoms with van der Waals surface area (Å²) in [5.74, 6) is 0. The summed E-state index contributed by atoms with van der Waals surface area (Å²) in [5, 5.41) is 4.12. The molecule has 0 aliphatic carbocycles. The fraction of sp³-hybridized carbons (Fsp3) is 0.375. The SMILES string of the molecule is C[N-]C(C)c1cccnc1. The van der Waals surface area contributed by atoms with Gasteiger partial charge in [0.15, 0.2) is 0 Å². The third-order valence-electron chi connectivity index (χ3n) is 1.55. The lowest BCUT2D eigenvalue weighted by molar-refractivity contribution is 0.905. The molecule has 1 unspecified atom stereocenters. The van der Waals surface area contributed by atoms with Crippen LogP contribution in [0.5, 0.6) is 0 Å². The first-order valence-electron chi connectivity index (χ1n) is 3.33. The van der Waals surface area contributed by atoms with Crippen molar-refractivity contribution >= 4 is 0 Å². The molecule has 1 aromatic heterocycles. The lowest BCUT2D eigenvalue weighted by Crippen LogP contribution is -1.89. The first-order chi connectivity index (χ1) is 4.84. The van der Waals surface area contributed by atoms with Crippen LogP contribution in [-0.2, 0) is 0 Å². The molecule has 0 bridgehead atoms. The van der Waals surface area contributed by atoms with Gasteiger partial charge in [-0.1, -0.05) is 13.0 Å². The van der Waals surface area contributed by atoms with Crippen molar-refractivity contribution in [2.75, 3.05) is 7.05 Å². The van der Waals surface area contributed by atoms with Crippen LogP contribution in [0.1, 0.15) is 18.5 Å². The molecule has 1 heterocycles. The van der Waals surface area contributed by atoms with E-state index >= 15 is 0 Å². The molecule has 54 valence electrons. The molecule has 0 spiro atoms. The summed E-state index contributed by atoms with van der Waals surface area (Å²) in [5.41, 5.74) is 1.17. The summed E-state index contributed by atoms with van der Waals surface area (Å²) >= 11 is 0. The zero-order chi connectivity index (χ0) is 7.40. The summed E-state index contributed by atoms with van der Waals surface area (Å²) in [7, 11) is 1.82. The summed E-state index contributed by atoms with van der Waals surface area (Å²) in [4.78, 5) is 3.99. The van der Waals surface area contributed by atoms with Crippen molar-refractivity contribution in [2.24, 2.45) is 0 Å². The average Bonchev–Trinajstić information content (AvgIpc) is 2.05. The number of nitrogens with zero attached hydrogens (tertiary/aromatic N) is 2. The van der Waals surface area contributed by atoms with Crippen molar-refractivity contribution in [3.8, 4) is 0 Å². The van der Waals surface area contributed by atoms with Crippen LogP contribution in [0.25, 0.3) is 5.32 Å². The topological polar surface area (TPSA) is 27.0 Å². The lowest BCUT2D eigenvalue weighted by Gasteiger charge is -2.22. The zero-order valence-corrected chi connectivity index (χ0v) is 6.28. The molecule has 0 fully saturated rings. The fourth-order valence-corrected chi connectivity index (χ4v) is 0.772. The first-order valence-corrected chi connectivity index (χ1v) is 3.33. The smallest absolute Gasteiger partial charge is 0.0284 e. The minimum Gasteiger partial charge on any atom is -0.659 e. The molecule has 0 aliphatic rings. The molecule has 1 rings (SSSR count). The predicted molar refractivity (Wildman–Crippen MR) is 41.9 cm³/mol. The Hall–Kier alpha value is -0.890. The number of hydrogen-bond acceptors (Lipinski definition) is 1. The highest BCUT2D eigenvalue weighted by molar-refractivity contribution is 5.17. The second-order valence-corrected chi connectivity index (χ2v) is 2.22. The predicted octanol–water partition coefficient (Wildman–Crippen LogP) is 2.15. The van der Waals surface area contributed by atoms with Crippen molar-refractivity contribution in [2.45, 2.75) is 13.0 Å². The second kappa shape index (κ2) is 3.32. The molecular weight excluding hydrogens is 124 g/mol. The number of hydrogen-bond donors (Lipinski definition) is 0. The van der Waals surface area contributed by atoms with E-state index < -0.39 is 0 Å². The average molecular weight is 135 g/mol. The van der Waals surface area contributed by atoms with E-state index in [-0.39, 0.29) is 6.04 Å². The molecule has 0 aliphatic heterocycles. The Bertz CT molecular complexity index is 184. The van der Waals surface area contributed by atoms with Crippen molar-refractivity contribution in [3.63, 3.8) is 0 Å². The normalized spacial score (nSPS) is 13.0. The van der Waals surface area contributed by atoms with Crippen LogP contribution in [0.3, 0.4) is 0 Å². The Kier molecular flexibility index (Phi) is 2.40. The highest BCUT2D eigenvalue weighted by Gasteiger charge is 1.90. The summed E-state index contributed by atoms with van der Waals surface area (Å²) < 4.78 is 0. The van der Waals surface area contributed by atoms with E-state index in [1.807, 2.05) is 25.4 Å². The standard InChI is InChI=1S/C8H11N2/c1-7(9-2)8-4-3-5-10-6-8/h3-7H,1-2H3/q-1. The van der Waals surface area contributed by atoms with E-state index in [9.17, 15) is 0 Å². The molecule has 2 heteroatoms. The van der Waals surface area contributed by atoms with Crippen molar-refractivity contribution in [1.82, 2.24) is 4.98 Å². The van der Waals surface area contributed by atoms with Gasteiger partial charge in [0.05, 0.1) is 0 Å². The van der Waals surface area contributed by atoms with Gasteiger partial charge in [-0.15, -0.1) is 6.04 Å². The quantitative estimate of drug-likeness (QED) is 0.610. The van der Waals surface area contributed by atoms with Crippen LogP contribution in [0.2, 0.25) is 0 Å². The largest absolute Gasteiger partial charge is 0.659 e. The zero-order valence-electron chi connectivity index (χ0n) is 6.28. The molecule has 1 aromatic rings. The van der Waals surface area contributed by atoms with Crippen LogP contribution in [0.15, 0.2) is 24.5 Å². The number of pyridine rings is 1. The number of aromatic nitrogens is 1. The van der Waals surface area contributed by atoms with Gasteiger partial charge in [0.1, 0.15) is 0 Å². The molecule has 0 saturated heterocycles. The lowest BCUT2D eigenvalue weighted by atomic mass is 10.1. The van der Waals surface area contributed by atoms with Gasteiger partial charge in [0.2, 0.25) is 0 Å². The minimum atomic E-state index is 0.272. The van der Waals surface area contributed by atoms with E-state index in [1.165, 1.54) is 5.56 Å². The van der Waals surface area contributed by atoms with Crippen LogP contribution in [0, 0.1) is 0 Å². The van der Waals surface area contributed by atoms with Gasteiger partial charge in [0.25, 0.3) is 0 Å². The van der Waals surface area contributed by atoms with Crippen LogP contribution in [-0.4, -0.2) is 12.0 Å². The Morgan fingerprint density at radius 3 is 2.90 bits per heavy atom. The first kappa shape index (κ1) is 7.22. The Labute approximate surface area is 61.3 Å². The summed E-state index contributed by atoms with van der Waals surface area (Å²) in [6, 6.07) is 4.23. The minimum absolute atomic E-state index is 0.272. The summed E-state index contributed by atoms with van der Waals surface area (Å²) in [6.45, 7) is 2.05. The third kappa shape index (κ3) is 1.54. The molecule has 0 radical (unpaired) electrons. The molecular formula is C8H11N2-. The maximum Gasteiger partial charge on any atom is 0.0284 e. The van der Waals surface area contributed by atoms with Crippen LogP contribution < -0.4 is 0 Å². The molecule has 0 saturated carbocycles. The van der Waals surface area contributed by atoms with Gasteiger partial charge >= 0.3 is 0 Å². The van der Waals surface area contributed by atoms with Crippen molar-refractivity contribution in [3.05, 3.63) is 35.4 Å². The van der Waals surface area contributed by atoms with E-state index in [0.29, 0.717) is 0 Å². The van der Waals surface area contributed by atoms with Crippen molar-refractivity contribution < 1.29 is 0 Å². The fourth-order valence-electron chi connectivity index (χ4n) is 0.772. The molecule has 10 heavy (non-hydrogen) atoms. The Balaban J connectivity index is 2.75. The van der Waals surface area contributed by atoms with Gasteiger partial charge in [0, 0.05) is 12.4 Å². The monoisotopic (exact) mass is 135 g/mol. The van der Waals surface area contributed by atoms with E-state index in [1.54, 1.807) is 6.20 Å². The van der Waals surface area contributed by atoms with Crippen molar-refractivity contribution in [1.29, 1.82) is 0 Å². The molecule has 2 nitrogen and oxygen atoms in total. The molecule has 1 atom stereocenters. The molecule has 0 amide bonds. The van der Waals surface area contributed by atoms with E-state index in [4.69, 9.17) is 0 Å². The summed E-state index contributed by atoms with van der Waals surface area (Å²) in [6.07, 6.45) is 3.61. The van der Waals surface area contributed by atoms with E-state index in [2.05, 4.69) is 17.2 Å². The van der Waals surface area contributed by atoms with Gasteiger partial charge in [-0.2, -0.15) is 7.05 Å². The highest BCUT2D eigenvalue weighted by Crippen LogP contribution is 2.16. The van der Waals surface area contributed by atoms with Gasteiger partial charge in [-0.05, 0) is 11.6 Å². The second-order valence-electron chi connectivity index (χ2n) is 2.22. The maximum absolute atomic E-state index is 4.12. The van der Waals surface area contributed by atoms with Crippen LogP contribution in [0.4, 0.5) is 0 Å². The number of rotatable bonds is 2.